The molecule has 0 heterocycles. The molecule has 0 aromatic carbocycles. The van der Waals surface area contributed by atoms with Gasteiger partial charge in [0, 0.05) is 24.7 Å². The summed E-state index contributed by atoms with van der Waals surface area (Å²) < 4.78 is 6.70. The molecule has 3 nitrogen and oxygen atoms in total. The Kier molecular flexibility index (Phi) is 10.3. The monoisotopic (exact) mass is 450 g/mol. The summed E-state index contributed by atoms with van der Waals surface area (Å²) in [5.74, 6) is 3.46. The minimum Gasteiger partial charge on any atom is -0.413 e. The third-order valence-electron chi connectivity index (χ3n) is 6.41. The summed E-state index contributed by atoms with van der Waals surface area (Å²) in [7, 11) is -3.46. The topological polar surface area (TPSA) is 46.5 Å². The van der Waals surface area contributed by atoms with Crippen molar-refractivity contribution in [3.63, 3.8) is 0 Å². The Balaban J connectivity index is 3.05. The van der Waals surface area contributed by atoms with Gasteiger partial charge < -0.3 is 9.53 Å². The molecule has 0 unspecified atom stereocenters. The molecule has 1 aliphatic rings. The Morgan fingerprint density at radius 2 is 1.83 bits per heavy atom. The van der Waals surface area contributed by atoms with E-state index in [9.17, 15) is 9.90 Å². The van der Waals surface area contributed by atoms with Crippen LogP contribution in [0.3, 0.4) is 0 Å². The van der Waals surface area contributed by atoms with Crippen LogP contribution in [0.5, 0.6) is 0 Å². The van der Waals surface area contributed by atoms with Crippen LogP contribution in [-0.4, -0.2) is 39.5 Å². The number of carbonyl (C=O) groups excluding carboxylic acids is 1. The highest BCUT2D eigenvalue weighted by Gasteiger charge is 2.46. The quantitative estimate of drug-likeness (QED) is 0.193. The van der Waals surface area contributed by atoms with E-state index in [4.69, 9.17) is 4.43 Å². The fraction of sp³-hybridized carbons (Fsp3) is 0.800. The van der Waals surface area contributed by atoms with Crippen molar-refractivity contribution < 1.29 is 14.3 Å². The molecule has 0 spiro atoms. The van der Waals surface area contributed by atoms with Crippen LogP contribution in [0.15, 0.2) is 12.2 Å². The molecule has 0 amide bonds. The van der Waals surface area contributed by atoms with Gasteiger partial charge in [0.1, 0.15) is 13.9 Å². The van der Waals surface area contributed by atoms with Crippen LogP contribution in [0.25, 0.3) is 0 Å². The third kappa shape index (κ3) is 8.82. The van der Waals surface area contributed by atoms with E-state index in [0.29, 0.717) is 12.8 Å². The molecule has 5 heteroatoms. The second-order valence-corrected chi connectivity index (χ2v) is 21.0. The predicted octanol–water partition coefficient (Wildman–Crippen LogP) is 6.35. The first-order chi connectivity index (χ1) is 13.7. The van der Waals surface area contributed by atoms with E-state index in [1.165, 1.54) is 0 Å². The fourth-order valence-corrected chi connectivity index (χ4v) is 5.51. The highest BCUT2D eigenvalue weighted by atomic mass is 28.4. The zero-order valence-corrected chi connectivity index (χ0v) is 23.0. The van der Waals surface area contributed by atoms with Gasteiger partial charge >= 0.3 is 0 Å². The average molecular weight is 451 g/mol. The predicted molar refractivity (Wildman–Crippen MR) is 134 cm³/mol. The molecule has 1 N–H and O–H groups in total. The smallest absolute Gasteiger partial charge is 0.192 e. The van der Waals surface area contributed by atoms with Crippen molar-refractivity contribution >= 4 is 22.2 Å². The number of Topliss-reactive ketones (excluding diaryl/α,β-unsaturated/α-hetero) is 1. The summed E-state index contributed by atoms with van der Waals surface area (Å²) in [5.41, 5.74) is 3.41. The van der Waals surface area contributed by atoms with Crippen LogP contribution in [-0.2, 0) is 9.22 Å². The number of hydrogen-bond donors (Lipinski definition) is 1. The third-order valence-corrected chi connectivity index (χ3v) is 11.8. The number of aliphatic hydroxyl groups excluding tert-OH is 1. The Morgan fingerprint density at radius 3 is 2.37 bits per heavy atom. The molecular weight excluding hydrogens is 404 g/mol. The lowest BCUT2D eigenvalue weighted by atomic mass is 9.90. The number of ketones is 1. The van der Waals surface area contributed by atoms with Crippen molar-refractivity contribution in [2.75, 3.05) is 0 Å². The molecule has 4 atom stereocenters. The Morgan fingerprint density at radius 1 is 1.20 bits per heavy atom. The first kappa shape index (κ1) is 27.4. The second-order valence-electron chi connectivity index (χ2n) is 11.5. The molecule has 0 aromatic heterocycles. The van der Waals surface area contributed by atoms with Crippen LogP contribution >= 0.6 is 0 Å². The molecule has 30 heavy (non-hydrogen) atoms. The highest BCUT2D eigenvalue weighted by Crippen LogP contribution is 2.42. The zero-order chi connectivity index (χ0) is 23.2. The number of aliphatic hydroxyl groups is 1. The maximum atomic E-state index is 12.9. The van der Waals surface area contributed by atoms with Crippen molar-refractivity contribution in [1.82, 2.24) is 0 Å². The number of carbonyl (C=O) groups is 1. The first-order valence-electron chi connectivity index (χ1n) is 11.7. The molecule has 0 aromatic rings. The van der Waals surface area contributed by atoms with Crippen molar-refractivity contribution in [1.29, 1.82) is 0 Å². The molecular formula is C25H46O3Si2. The largest absolute Gasteiger partial charge is 0.413 e. The van der Waals surface area contributed by atoms with Gasteiger partial charge in [-0.25, -0.2) is 0 Å². The Hall–Kier alpha value is -0.676. The van der Waals surface area contributed by atoms with Gasteiger partial charge in [-0.15, -0.1) is 11.5 Å². The lowest BCUT2D eigenvalue weighted by Crippen LogP contribution is -2.45. The number of unbranched alkanes of at least 4 members (excludes halogenated alkanes) is 2. The normalized spacial score (nSPS) is 24.2. The van der Waals surface area contributed by atoms with Gasteiger partial charge in [0.2, 0.25) is 0 Å². The molecule has 1 aliphatic carbocycles. The van der Waals surface area contributed by atoms with E-state index in [1.54, 1.807) is 0 Å². The van der Waals surface area contributed by atoms with Gasteiger partial charge in [-0.3, -0.25) is 4.79 Å². The van der Waals surface area contributed by atoms with Gasteiger partial charge in [-0.2, -0.15) is 0 Å². The summed E-state index contributed by atoms with van der Waals surface area (Å²) in [6, 6.07) is 0. The van der Waals surface area contributed by atoms with Gasteiger partial charge in [0.05, 0.1) is 12.2 Å². The summed E-state index contributed by atoms with van der Waals surface area (Å²) >= 11 is 0. The van der Waals surface area contributed by atoms with E-state index in [-0.39, 0.29) is 28.8 Å². The standard InChI is InChI=1S/C25H46O3Si2/c1-10-11-12-14-20(26)16-17-22-21(15-13-18-29(5,6)7)23(27)19-24(22)28-30(8,9)25(2,3)4/h16-17,20-22,24,26H,10-12,14-15,19H2,1-9H3/b17-16+/t20-,21+,22+,24+/m0/s1. The zero-order valence-electron chi connectivity index (χ0n) is 21.0. The molecule has 0 aliphatic heterocycles. The van der Waals surface area contributed by atoms with Gasteiger partial charge in [-0.1, -0.05) is 78.8 Å². The van der Waals surface area contributed by atoms with E-state index in [2.05, 4.69) is 78.0 Å². The van der Waals surface area contributed by atoms with Crippen molar-refractivity contribution in [2.24, 2.45) is 11.8 Å². The maximum Gasteiger partial charge on any atom is 0.192 e. The van der Waals surface area contributed by atoms with Crippen LogP contribution in [0.1, 0.15) is 66.2 Å². The molecule has 0 radical (unpaired) electrons. The molecule has 1 saturated carbocycles. The molecule has 1 rings (SSSR count). The summed E-state index contributed by atoms with van der Waals surface area (Å²) in [6.45, 7) is 20.0. The van der Waals surface area contributed by atoms with E-state index >= 15 is 0 Å². The second kappa shape index (κ2) is 11.3. The van der Waals surface area contributed by atoms with Crippen molar-refractivity contribution in [3.05, 3.63) is 12.2 Å². The fourth-order valence-electron chi connectivity index (χ4n) is 3.53. The van der Waals surface area contributed by atoms with Crippen molar-refractivity contribution in [2.45, 2.75) is 116 Å². The van der Waals surface area contributed by atoms with E-state index in [0.717, 1.165) is 25.7 Å². The lowest BCUT2D eigenvalue weighted by Gasteiger charge is -2.39. The van der Waals surface area contributed by atoms with Crippen LogP contribution in [0.4, 0.5) is 0 Å². The lowest BCUT2D eigenvalue weighted by molar-refractivity contribution is -0.121. The van der Waals surface area contributed by atoms with E-state index < -0.39 is 22.5 Å². The molecule has 0 saturated heterocycles. The average Bonchev–Trinajstić information content (AvgIpc) is 2.85. The number of rotatable bonds is 9. The van der Waals surface area contributed by atoms with Crippen LogP contribution in [0, 0.1) is 23.3 Å². The Labute approximate surface area is 188 Å². The first-order valence-corrected chi connectivity index (χ1v) is 18.2. The molecule has 1 fully saturated rings. The van der Waals surface area contributed by atoms with Gasteiger partial charge in [0.25, 0.3) is 0 Å². The van der Waals surface area contributed by atoms with Crippen LogP contribution < -0.4 is 0 Å². The molecule has 172 valence electrons. The molecule has 0 bridgehead atoms. The summed E-state index contributed by atoms with van der Waals surface area (Å²) in [6.07, 6.45) is 8.57. The maximum absolute atomic E-state index is 12.9. The van der Waals surface area contributed by atoms with Gasteiger partial charge in [-0.05, 0) is 24.6 Å². The van der Waals surface area contributed by atoms with Crippen LogP contribution in [0.2, 0.25) is 37.8 Å². The van der Waals surface area contributed by atoms with Crippen molar-refractivity contribution in [3.8, 4) is 11.5 Å². The highest BCUT2D eigenvalue weighted by molar-refractivity contribution is 6.83. The Bertz CT molecular complexity index is 644. The van der Waals surface area contributed by atoms with Gasteiger partial charge in [0.15, 0.2) is 8.32 Å². The SMILES string of the molecule is CCCCC[C@H](O)/C=C/[C@H]1[C@H](O[Si](C)(C)C(C)(C)C)CC(=O)[C@@H]1CC#C[Si](C)(C)C. The minimum absolute atomic E-state index is 0.00313. The summed E-state index contributed by atoms with van der Waals surface area (Å²) in [4.78, 5) is 12.9. The number of hydrogen-bond acceptors (Lipinski definition) is 3. The summed E-state index contributed by atoms with van der Waals surface area (Å²) in [5, 5.41) is 10.5. The minimum atomic E-state index is -1.99. The van der Waals surface area contributed by atoms with E-state index in [1.807, 2.05) is 6.08 Å².